The fraction of sp³-hybridized carbons (Fsp3) is 0.619. The molecule has 2 unspecified atom stereocenters. The number of hydrogen-bond donors (Lipinski definition) is 1. The van der Waals surface area contributed by atoms with Gasteiger partial charge in [0.1, 0.15) is 5.75 Å². The van der Waals surface area contributed by atoms with Gasteiger partial charge in [0.05, 0.1) is 12.3 Å². The summed E-state index contributed by atoms with van der Waals surface area (Å²) in [5.41, 5.74) is 4.83. The summed E-state index contributed by atoms with van der Waals surface area (Å²) in [5.74, 6) is 1.37. The zero-order chi connectivity index (χ0) is 17.9. The minimum absolute atomic E-state index is 0.0866. The van der Waals surface area contributed by atoms with E-state index >= 15 is 0 Å². The smallest absolute Gasteiger partial charge is 0.243 e. The van der Waals surface area contributed by atoms with Gasteiger partial charge < -0.3 is 9.64 Å². The molecule has 4 rings (SSSR count). The molecule has 140 valence electrons. The Bertz CT molecular complexity index is 670. The molecular formula is C21H29N3O2. The first-order valence-corrected chi connectivity index (χ1v) is 10.1. The van der Waals surface area contributed by atoms with Crippen LogP contribution in [0.4, 0.5) is 0 Å². The van der Waals surface area contributed by atoms with Gasteiger partial charge in [-0.3, -0.25) is 4.79 Å². The number of nitrogens with zero attached hydrogens (tertiary/aromatic N) is 2. The van der Waals surface area contributed by atoms with E-state index in [9.17, 15) is 4.79 Å². The summed E-state index contributed by atoms with van der Waals surface area (Å²) < 4.78 is 5.91. The average molecular weight is 355 g/mol. The van der Waals surface area contributed by atoms with E-state index < -0.39 is 0 Å². The van der Waals surface area contributed by atoms with E-state index in [0.29, 0.717) is 0 Å². The molecule has 2 heterocycles. The molecule has 1 saturated carbocycles. The Hall–Kier alpha value is -1.88. The van der Waals surface area contributed by atoms with Crippen LogP contribution in [0.1, 0.15) is 51.0 Å². The van der Waals surface area contributed by atoms with Crippen molar-refractivity contribution in [2.24, 2.45) is 16.9 Å². The van der Waals surface area contributed by atoms with E-state index in [2.05, 4.69) is 34.5 Å². The Morgan fingerprint density at radius 1 is 1.15 bits per heavy atom. The third-order valence-corrected chi connectivity index (χ3v) is 6.19. The molecule has 26 heavy (non-hydrogen) atoms. The highest BCUT2D eigenvalue weighted by atomic mass is 16.5. The SMILES string of the molecule is C[C@@H]1CCCN1CCCOc1ccc(C2=NNC(=O)C3CCCC23)cc1. The highest BCUT2D eigenvalue weighted by molar-refractivity contribution is 6.06. The van der Waals surface area contributed by atoms with Crippen LogP contribution < -0.4 is 10.2 Å². The van der Waals surface area contributed by atoms with Gasteiger partial charge in [-0.2, -0.15) is 5.10 Å². The van der Waals surface area contributed by atoms with Crippen molar-refractivity contribution in [2.75, 3.05) is 19.7 Å². The van der Waals surface area contributed by atoms with Crippen molar-refractivity contribution < 1.29 is 9.53 Å². The molecule has 1 N–H and O–H groups in total. The maximum atomic E-state index is 11.9. The van der Waals surface area contributed by atoms with Gasteiger partial charge in [0.15, 0.2) is 0 Å². The lowest BCUT2D eigenvalue weighted by Gasteiger charge is -2.25. The molecule has 1 saturated heterocycles. The average Bonchev–Trinajstić information content (AvgIpc) is 3.30. The van der Waals surface area contributed by atoms with Crippen LogP contribution in [-0.2, 0) is 4.79 Å². The Morgan fingerprint density at radius 3 is 2.73 bits per heavy atom. The number of hydrazone groups is 1. The van der Waals surface area contributed by atoms with Gasteiger partial charge >= 0.3 is 0 Å². The maximum Gasteiger partial charge on any atom is 0.243 e. The van der Waals surface area contributed by atoms with Crippen molar-refractivity contribution in [3.05, 3.63) is 29.8 Å². The second-order valence-electron chi connectivity index (χ2n) is 7.87. The summed E-state index contributed by atoms with van der Waals surface area (Å²) >= 11 is 0. The Balaban J connectivity index is 1.30. The number of carbonyl (C=O) groups is 1. The van der Waals surface area contributed by atoms with Crippen LogP contribution in [-0.4, -0.2) is 42.3 Å². The molecule has 0 aromatic heterocycles. The molecule has 3 aliphatic rings. The summed E-state index contributed by atoms with van der Waals surface area (Å²) in [7, 11) is 0. The number of ether oxygens (including phenoxy) is 1. The number of amides is 1. The van der Waals surface area contributed by atoms with Gasteiger partial charge in [-0.1, -0.05) is 6.42 Å². The molecule has 5 heteroatoms. The Labute approximate surface area is 155 Å². The fourth-order valence-corrected chi connectivity index (χ4v) is 4.67. The topological polar surface area (TPSA) is 53.9 Å². The van der Waals surface area contributed by atoms with Crippen LogP contribution >= 0.6 is 0 Å². The largest absolute Gasteiger partial charge is 0.494 e. The predicted octanol–water partition coefficient (Wildman–Crippen LogP) is 3.19. The number of carbonyl (C=O) groups excluding carboxylic acids is 1. The lowest BCUT2D eigenvalue weighted by Crippen LogP contribution is -2.39. The summed E-state index contributed by atoms with van der Waals surface area (Å²) in [4.78, 5) is 14.5. The molecule has 0 spiro atoms. The number of nitrogens with one attached hydrogen (secondary N) is 1. The van der Waals surface area contributed by atoms with Crippen LogP contribution in [0.3, 0.4) is 0 Å². The highest BCUT2D eigenvalue weighted by Crippen LogP contribution is 2.36. The lowest BCUT2D eigenvalue weighted by atomic mass is 9.86. The lowest BCUT2D eigenvalue weighted by molar-refractivity contribution is -0.125. The van der Waals surface area contributed by atoms with E-state index in [1.54, 1.807) is 0 Å². The van der Waals surface area contributed by atoms with Crippen LogP contribution in [0.5, 0.6) is 5.75 Å². The molecule has 2 fully saturated rings. The third kappa shape index (κ3) is 3.63. The van der Waals surface area contributed by atoms with Crippen molar-refractivity contribution in [1.82, 2.24) is 10.3 Å². The molecule has 1 aromatic rings. The molecule has 0 bridgehead atoms. The van der Waals surface area contributed by atoms with Crippen molar-refractivity contribution in [2.45, 2.75) is 51.5 Å². The Kier molecular flexibility index (Phi) is 5.25. The molecule has 1 amide bonds. The summed E-state index contributed by atoms with van der Waals surface area (Å²) in [6, 6.07) is 8.92. The van der Waals surface area contributed by atoms with Crippen molar-refractivity contribution in [3.63, 3.8) is 0 Å². The van der Waals surface area contributed by atoms with Crippen molar-refractivity contribution in [3.8, 4) is 5.75 Å². The van der Waals surface area contributed by atoms with Gasteiger partial charge in [-0.05, 0) is 75.4 Å². The summed E-state index contributed by atoms with van der Waals surface area (Å²) in [6.07, 6.45) is 6.87. The maximum absolute atomic E-state index is 11.9. The molecular weight excluding hydrogens is 326 g/mol. The van der Waals surface area contributed by atoms with Crippen LogP contribution in [0.15, 0.2) is 29.4 Å². The first-order valence-electron chi connectivity index (χ1n) is 10.1. The van der Waals surface area contributed by atoms with Gasteiger partial charge in [-0.25, -0.2) is 5.43 Å². The van der Waals surface area contributed by atoms with E-state index in [1.807, 2.05) is 12.1 Å². The molecule has 1 aromatic carbocycles. The normalized spacial score (nSPS) is 28.6. The van der Waals surface area contributed by atoms with Crippen LogP contribution in [0.2, 0.25) is 0 Å². The molecule has 0 radical (unpaired) electrons. The number of rotatable bonds is 6. The highest BCUT2D eigenvalue weighted by Gasteiger charge is 2.39. The zero-order valence-corrected chi connectivity index (χ0v) is 15.6. The number of likely N-dealkylation sites (tertiary alicyclic amines) is 1. The van der Waals surface area contributed by atoms with Crippen molar-refractivity contribution in [1.29, 1.82) is 0 Å². The molecule has 3 atom stereocenters. The monoisotopic (exact) mass is 355 g/mol. The fourth-order valence-electron chi connectivity index (χ4n) is 4.67. The van der Waals surface area contributed by atoms with Gasteiger partial charge in [-0.15, -0.1) is 0 Å². The first kappa shape index (κ1) is 17.5. The standard InChI is InChI=1S/C21H29N3O2/c1-15-5-3-12-24(15)13-4-14-26-17-10-8-16(9-11-17)20-18-6-2-7-19(18)21(25)23-22-20/h8-11,15,18-19H,2-7,12-14H2,1H3,(H,23,25)/t15-,18?,19?/m1/s1. The number of fused-ring (bicyclic) bond motifs is 1. The van der Waals surface area contributed by atoms with E-state index in [4.69, 9.17) is 4.74 Å². The second kappa shape index (κ2) is 7.78. The first-order chi connectivity index (χ1) is 12.7. The van der Waals surface area contributed by atoms with Crippen molar-refractivity contribution >= 4 is 11.6 Å². The zero-order valence-electron chi connectivity index (χ0n) is 15.6. The Morgan fingerprint density at radius 2 is 1.96 bits per heavy atom. The van der Waals surface area contributed by atoms with Crippen LogP contribution in [0.25, 0.3) is 0 Å². The number of benzene rings is 1. The minimum atomic E-state index is 0.0866. The predicted molar refractivity (Wildman–Crippen MR) is 102 cm³/mol. The minimum Gasteiger partial charge on any atom is -0.494 e. The molecule has 2 aliphatic heterocycles. The summed E-state index contributed by atoms with van der Waals surface area (Å²) in [6.45, 7) is 5.43. The third-order valence-electron chi connectivity index (χ3n) is 6.19. The second-order valence-corrected chi connectivity index (χ2v) is 7.87. The van der Waals surface area contributed by atoms with E-state index in [0.717, 1.165) is 61.9 Å². The quantitative estimate of drug-likeness (QED) is 0.798. The van der Waals surface area contributed by atoms with E-state index in [-0.39, 0.29) is 17.7 Å². The number of hydrogen-bond acceptors (Lipinski definition) is 4. The van der Waals surface area contributed by atoms with Gasteiger partial charge in [0.25, 0.3) is 0 Å². The van der Waals surface area contributed by atoms with Crippen LogP contribution in [0, 0.1) is 11.8 Å². The molecule has 5 nitrogen and oxygen atoms in total. The molecule has 1 aliphatic carbocycles. The van der Waals surface area contributed by atoms with E-state index in [1.165, 1.54) is 19.4 Å². The van der Waals surface area contributed by atoms with Gasteiger partial charge in [0, 0.05) is 24.4 Å². The summed E-state index contributed by atoms with van der Waals surface area (Å²) in [5, 5.41) is 4.35. The van der Waals surface area contributed by atoms with Gasteiger partial charge in [0.2, 0.25) is 5.91 Å².